The Morgan fingerprint density at radius 1 is 0.758 bits per heavy atom. The average Bonchev–Trinajstić information content (AvgIpc) is 2.77. The number of hydrogen-bond donors (Lipinski definition) is 4. The smallest absolute Gasteiger partial charge is 0.303 e. The first-order valence-electron chi connectivity index (χ1n) is 10.4. The fraction of sp³-hybridized carbons (Fsp3) is 0.208. The van der Waals surface area contributed by atoms with Crippen LogP contribution in [0.4, 0.5) is 0 Å². The van der Waals surface area contributed by atoms with Crippen LogP contribution in [0.2, 0.25) is 0 Å². The van der Waals surface area contributed by atoms with Crippen LogP contribution in [0.1, 0.15) is 29.5 Å². The van der Waals surface area contributed by atoms with E-state index < -0.39 is 32.6 Å². The van der Waals surface area contributed by atoms with Crippen LogP contribution >= 0.6 is 14.9 Å². The quantitative estimate of drug-likeness (QED) is 0.276. The van der Waals surface area contributed by atoms with Gasteiger partial charge >= 0.3 is 5.97 Å². The van der Waals surface area contributed by atoms with E-state index in [1.165, 1.54) is 0 Å². The van der Waals surface area contributed by atoms with E-state index in [2.05, 4.69) is 5.09 Å². The molecule has 33 heavy (non-hydrogen) atoms. The van der Waals surface area contributed by atoms with Crippen LogP contribution in [-0.4, -0.2) is 20.9 Å². The lowest BCUT2D eigenvalue weighted by atomic mass is 10.0. The van der Waals surface area contributed by atoms with E-state index in [0.717, 1.165) is 0 Å². The maximum absolute atomic E-state index is 14.0. The van der Waals surface area contributed by atoms with E-state index >= 15 is 0 Å². The molecule has 0 radical (unpaired) electrons. The minimum absolute atomic E-state index is 0.277. The van der Waals surface area contributed by atoms with Crippen molar-refractivity contribution in [3.63, 3.8) is 0 Å². The maximum Gasteiger partial charge on any atom is 0.303 e. The van der Waals surface area contributed by atoms with Gasteiger partial charge < -0.3 is 14.9 Å². The van der Waals surface area contributed by atoms with Crippen LogP contribution in [0.5, 0.6) is 0 Å². The second-order valence-electron chi connectivity index (χ2n) is 7.92. The predicted molar refractivity (Wildman–Crippen MR) is 128 cm³/mol. The largest absolute Gasteiger partial charge is 0.481 e. The monoisotopic (exact) mass is 487 g/mol. The van der Waals surface area contributed by atoms with Crippen molar-refractivity contribution >= 4 is 20.9 Å². The standard InChI is InChI=1S/C24H27NO6P2/c26-23(27)16-17-24(22-14-8-3-9-15-22,32(28,29)18-20-10-4-1-5-11-20)25-33(30,31)19-21-12-6-2-7-13-21/h1-15H,16-19H2,(H,26,27)(H,28,29)(H2,25,30,31). The van der Waals surface area contributed by atoms with Crippen LogP contribution < -0.4 is 5.09 Å². The van der Waals surface area contributed by atoms with Gasteiger partial charge in [0.1, 0.15) is 5.28 Å². The minimum Gasteiger partial charge on any atom is -0.481 e. The zero-order valence-electron chi connectivity index (χ0n) is 17.9. The summed E-state index contributed by atoms with van der Waals surface area (Å²) in [4.78, 5) is 33.9. The highest BCUT2D eigenvalue weighted by Crippen LogP contribution is 2.66. The first kappa shape index (κ1) is 25.1. The summed E-state index contributed by atoms with van der Waals surface area (Å²) in [5.41, 5.74) is 1.43. The second kappa shape index (κ2) is 10.6. The lowest BCUT2D eigenvalue weighted by molar-refractivity contribution is -0.137. The number of carboxylic acids is 1. The van der Waals surface area contributed by atoms with Crippen molar-refractivity contribution < 1.29 is 28.8 Å². The highest BCUT2D eigenvalue weighted by molar-refractivity contribution is 7.61. The van der Waals surface area contributed by atoms with Crippen molar-refractivity contribution in [3.8, 4) is 0 Å². The Labute approximate surface area is 193 Å². The van der Waals surface area contributed by atoms with Crippen LogP contribution in [0.25, 0.3) is 0 Å². The molecule has 0 saturated carbocycles. The van der Waals surface area contributed by atoms with Gasteiger partial charge in [-0.2, -0.15) is 0 Å². The van der Waals surface area contributed by atoms with Crippen molar-refractivity contribution in [2.24, 2.45) is 0 Å². The van der Waals surface area contributed by atoms with Gasteiger partial charge in [-0.1, -0.05) is 91.0 Å². The molecule has 0 spiro atoms. The molecule has 7 nitrogen and oxygen atoms in total. The summed E-state index contributed by atoms with van der Waals surface area (Å²) in [5, 5.41) is 10.1. The Hall–Kier alpha value is -2.53. The average molecular weight is 487 g/mol. The van der Waals surface area contributed by atoms with Gasteiger partial charge in [-0.15, -0.1) is 0 Å². The van der Waals surface area contributed by atoms with Crippen molar-refractivity contribution in [2.75, 3.05) is 0 Å². The van der Waals surface area contributed by atoms with Gasteiger partial charge in [0, 0.05) is 6.42 Å². The Kier molecular flexibility index (Phi) is 8.06. The van der Waals surface area contributed by atoms with Crippen molar-refractivity contribution in [3.05, 3.63) is 108 Å². The van der Waals surface area contributed by atoms with Gasteiger partial charge in [0.05, 0.1) is 12.3 Å². The van der Waals surface area contributed by atoms with Crippen LogP contribution in [0, 0.1) is 0 Å². The Morgan fingerprint density at radius 2 is 1.21 bits per heavy atom. The molecule has 3 rings (SSSR count). The van der Waals surface area contributed by atoms with E-state index in [1.54, 1.807) is 91.0 Å². The summed E-state index contributed by atoms with van der Waals surface area (Å²) in [5.74, 6) is -1.17. The van der Waals surface area contributed by atoms with E-state index in [0.29, 0.717) is 11.1 Å². The summed E-state index contributed by atoms with van der Waals surface area (Å²) in [6, 6.07) is 25.4. The summed E-state index contributed by atoms with van der Waals surface area (Å²) in [6.07, 6.45) is -1.37. The van der Waals surface area contributed by atoms with E-state index in [9.17, 15) is 28.8 Å². The van der Waals surface area contributed by atoms with Gasteiger partial charge in [-0.25, -0.2) is 5.09 Å². The minimum atomic E-state index is -4.34. The normalized spacial score (nSPS) is 16.8. The first-order valence-corrected chi connectivity index (χ1v) is 14.1. The second-order valence-corrected chi connectivity index (χ2v) is 12.3. The molecule has 0 bridgehead atoms. The third-order valence-corrected chi connectivity index (χ3v) is 9.67. The summed E-state index contributed by atoms with van der Waals surface area (Å²) >= 11 is 0. The molecule has 0 saturated heterocycles. The summed E-state index contributed by atoms with van der Waals surface area (Å²) in [6.45, 7) is 0. The zero-order valence-corrected chi connectivity index (χ0v) is 19.7. The Bertz CT molecular complexity index is 1160. The van der Waals surface area contributed by atoms with E-state index in [-0.39, 0.29) is 24.3 Å². The van der Waals surface area contributed by atoms with Gasteiger partial charge in [0.2, 0.25) is 7.37 Å². The van der Waals surface area contributed by atoms with E-state index in [1.807, 2.05) is 0 Å². The number of benzene rings is 3. The number of carboxylic acid groups (broad SMARTS) is 1. The van der Waals surface area contributed by atoms with Crippen molar-refractivity contribution in [1.82, 2.24) is 5.09 Å². The van der Waals surface area contributed by atoms with Gasteiger partial charge in [0.25, 0.3) is 7.52 Å². The lowest BCUT2D eigenvalue weighted by Gasteiger charge is -2.40. The molecule has 0 aromatic heterocycles. The predicted octanol–water partition coefficient (Wildman–Crippen LogP) is 5.15. The molecule has 0 heterocycles. The maximum atomic E-state index is 14.0. The van der Waals surface area contributed by atoms with Crippen molar-refractivity contribution in [2.45, 2.75) is 30.4 Å². The van der Waals surface area contributed by atoms with Gasteiger partial charge in [0.15, 0.2) is 0 Å². The molecule has 0 fully saturated rings. The highest BCUT2D eigenvalue weighted by atomic mass is 31.2. The molecule has 3 atom stereocenters. The highest BCUT2D eigenvalue weighted by Gasteiger charge is 2.51. The fourth-order valence-electron chi connectivity index (χ4n) is 3.85. The molecule has 0 aliphatic carbocycles. The fourth-order valence-corrected chi connectivity index (χ4v) is 8.53. The topological polar surface area (TPSA) is 124 Å². The molecule has 9 heteroatoms. The summed E-state index contributed by atoms with van der Waals surface area (Å²) < 4.78 is 27.4. The van der Waals surface area contributed by atoms with Gasteiger partial charge in [-0.05, 0) is 23.1 Å². The molecular formula is C24H27NO6P2. The number of hydrogen-bond acceptors (Lipinski definition) is 3. The van der Waals surface area contributed by atoms with Crippen LogP contribution in [0.15, 0.2) is 91.0 Å². The Morgan fingerprint density at radius 3 is 1.70 bits per heavy atom. The molecule has 3 aromatic rings. The number of aliphatic carboxylic acids is 1. The van der Waals surface area contributed by atoms with Crippen LogP contribution in [-0.2, 0) is 31.5 Å². The van der Waals surface area contributed by atoms with Gasteiger partial charge in [-0.3, -0.25) is 13.9 Å². The molecule has 0 aliphatic heterocycles. The van der Waals surface area contributed by atoms with E-state index in [4.69, 9.17) is 0 Å². The lowest BCUT2D eigenvalue weighted by Crippen LogP contribution is -2.41. The molecule has 3 unspecified atom stereocenters. The third-order valence-electron chi connectivity index (χ3n) is 5.39. The third kappa shape index (κ3) is 6.50. The van der Waals surface area contributed by atoms with Crippen molar-refractivity contribution in [1.29, 1.82) is 0 Å². The molecule has 4 N–H and O–H groups in total. The molecule has 3 aromatic carbocycles. The number of nitrogens with one attached hydrogen (secondary N) is 1. The number of rotatable bonds is 11. The SMILES string of the molecule is O=C(O)CCC(NP(=O)(O)Cc1ccccc1)(c1ccccc1)P(=O)(O)Cc1ccccc1. The zero-order chi connectivity index (χ0) is 24.0. The molecular weight excluding hydrogens is 460 g/mol. The molecule has 0 aliphatic rings. The molecule has 174 valence electrons. The number of carbonyl (C=O) groups is 1. The van der Waals surface area contributed by atoms with Crippen LogP contribution in [0.3, 0.4) is 0 Å². The molecule has 0 amide bonds. The summed E-state index contributed by atoms with van der Waals surface area (Å²) in [7, 11) is -8.58. The Balaban J connectivity index is 2.11. The first-order chi connectivity index (χ1) is 15.6.